The van der Waals surface area contributed by atoms with Crippen molar-refractivity contribution < 1.29 is 0 Å². The molecule has 0 saturated heterocycles. The summed E-state index contributed by atoms with van der Waals surface area (Å²) in [5.74, 6) is 0.470. The van der Waals surface area contributed by atoms with E-state index < -0.39 is 0 Å². The Balaban J connectivity index is 2.21. The predicted molar refractivity (Wildman–Crippen MR) is 84.2 cm³/mol. The predicted octanol–water partition coefficient (Wildman–Crippen LogP) is 4.99. The van der Waals surface area contributed by atoms with Gasteiger partial charge in [-0.05, 0) is 19.1 Å². The zero-order valence-corrected chi connectivity index (χ0v) is 13.1. The van der Waals surface area contributed by atoms with Crippen molar-refractivity contribution in [1.82, 2.24) is 4.98 Å². The maximum Gasteiger partial charge on any atom is 0.165 e. The van der Waals surface area contributed by atoms with Crippen LogP contribution in [0.3, 0.4) is 0 Å². The van der Waals surface area contributed by atoms with E-state index in [0.29, 0.717) is 15.9 Å². The second-order valence-corrected chi connectivity index (χ2v) is 5.47. The van der Waals surface area contributed by atoms with Crippen LogP contribution >= 0.6 is 39.1 Å². The number of anilines is 1. The first-order chi connectivity index (χ1) is 9.08. The molecule has 1 aromatic heterocycles. The minimum absolute atomic E-state index is 0.427. The molecule has 0 fully saturated rings. The van der Waals surface area contributed by atoms with Gasteiger partial charge < -0.3 is 0 Å². The van der Waals surface area contributed by atoms with Gasteiger partial charge in [0.2, 0.25) is 0 Å². The molecule has 3 nitrogen and oxygen atoms in total. The summed E-state index contributed by atoms with van der Waals surface area (Å²) < 4.78 is 0.980. The van der Waals surface area contributed by atoms with Crippen LogP contribution in [0.4, 0.5) is 5.82 Å². The summed E-state index contributed by atoms with van der Waals surface area (Å²) >= 11 is 15.3. The number of hydrogen-bond acceptors (Lipinski definition) is 3. The van der Waals surface area contributed by atoms with Crippen LogP contribution in [0.2, 0.25) is 10.0 Å². The summed E-state index contributed by atoms with van der Waals surface area (Å²) in [5.41, 5.74) is 4.65. The van der Waals surface area contributed by atoms with Crippen molar-refractivity contribution in [2.45, 2.75) is 6.92 Å². The van der Waals surface area contributed by atoms with Crippen LogP contribution in [0.15, 0.2) is 46.1 Å². The fraction of sp³-hybridized carbons (Fsp3) is 0.0769. The fourth-order valence-electron chi connectivity index (χ4n) is 1.45. The van der Waals surface area contributed by atoms with Crippen molar-refractivity contribution in [1.29, 1.82) is 0 Å². The van der Waals surface area contributed by atoms with Crippen LogP contribution in [-0.4, -0.2) is 10.7 Å². The fourth-order valence-corrected chi connectivity index (χ4v) is 2.44. The Morgan fingerprint density at radius 3 is 2.74 bits per heavy atom. The van der Waals surface area contributed by atoms with Gasteiger partial charge in [0.05, 0.1) is 15.8 Å². The van der Waals surface area contributed by atoms with Crippen LogP contribution in [0.25, 0.3) is 0 Å². The minimum atomic E-state index is 0.427. The highest BCUT2D eigenvalue weighted by molar-refractivity contribution is 9.10. The lowest BCUT2D eigenvalue weighted by atomic mass is 10.1. The lowest BCUT2D eigenvalue weighted by Gasteiger charge is -2.06. The molecule has 1 heterocycles. The molecule has 6 heteroatoms. The van der Waals surface area contributed by atoms with Crippen molar-refractivity contribution >= 4 is 50.7 Å². The Kier molecular flexibility index (Phi) is 4.80. The van der Waals surface area contributed by atoms with Crippen LogP contribution in [-0.2, 0) is 0 Å². The van der Waals surface area contributed by atoms with Crippen molar-refractivity contribution in [3.63, 3.8) is 0 Å². The van der Waals surface area contributed by atoms with Gasteiger partial charge in [0.15, 0.2) is 5.82 Å². The van der Waals surface area contributed by atoms with E-state index in [1.165, 1.54) is 6.20 Å². The monoisotopic (exact) mass is 357 g/mol. The molecule has 0 amide bonds. The number of hydrazone groups is 1. The van der Waals surface area contributed by atoms with Gasteiger partial charge in [-0.2, -0.15) is 5.10 Å². The Bertz CT molecular complexity index is 629. The van der Waals surface area contributed by atoms with Crippen LogP contribution < -0.4 is 5.43 Å². The van der Waals surface area contributed by atoms with Gasteiger partial charge in [0.25, 0.3) is 0 Å². The molecule has 98 valence electrons. The van der Waals surface area contributed by atoms with E-state index in [9.17, 15) is 0 Å². The topological polar surface area (TPSA) is 37.3 Å². The molecule has 0 aliphatic heterocycles. The molecular formula is C13H10BrCl2N3. The third-order valence-corrected chi connectivity index (χ3v) is 3.59. The molecule has 0 radical (unpaired) electrons. The smallest absolute Gasteiger partial charge is 0.165 e. The average Bonchev–Trinajstić information content (AvgIpc) is 2.38. The second kappa shape index (κ2) is 6.37. The molecule has 2 rings (SSSR count). The molecule has 0 bridgehead atoms. The number of benzene rings is 1. The number of nitrogens with zero attached hydrogens (tertiary/aromatic N) is 2. The zero-order chi connectivity index (χ0) is 13.8. The summed E-state index contributed by atoms with van der Waals surface area (Å²) in [6, 6.07) is 9.45. The van der Waals surface area contributed by atoms with Crippen LogP contribution in [0.1, 0.15) is 12.5 Å². The van der Waals surface area contributed by atoms with E-state index in [1.807, 2.05) is 31.2 Å². The molecule has 0 unspecified atom stereocenters. The summed E-state index contributed by atoms with van der Waals surface area (Å²) in [5, 5.41) is 5.18. The van der Waals surface area contributed by atoms with E-state index in [2.05, 4.69) is 31.4 Å². The standard InChI is InChI=1S/C13H10BrCl2N3/c1-8(10-4-2-3-5-11(10)14)18-19-13-12(16)6-9(15)7-17-13/h2-7H,1H3,(H,17,19)/b18-8+. The molecule has 0 spiro atoms. The normalized spacial score (nSPS) is 11.5. The van der Waals surface area contributed by atoms with Crippen LogP contribution in [0.5, 0.6) is 0 Å². The molecule has 0 aliphatic carbocycles. The summed E-state index contributed by atoms with van der Waals surface area (Å²) in [7, 11) is 0. The van der Waals surface area contributed by atoms with Crippen molar-refractivity contribution in [2.75, 3.05) is 5.43 Å². The van der Waals surface area contributed by atoms with Gasteiger partial charge in [0, 0.05) is 16.2 Å². The Morgan fingerprint density at radius 1 is 1.32 bits per heavy atom. The average molecular weight is 359 g/mol. The Labute approximate surface area is 129 Å². The van der Waals surface area contributed by atoms with E-state index in [4.69, 9.17) is 23.2 Å². The number of nitrogens with one attached hydrogen (secondary N) is 1. The minimum Gasteiger partial charge on any atom is -0.260 e. The Hall–Kier alpha value is -1.10. The van der Waals surface area contributed by atoms with Crippen molar-refractivity contribution in [3.8, 4) is 0 Å². The van der Waals surface area contributed by atoms with Gasteiger partial charge in [-0.15, -0.1) is 0 Å². The van der Waals surface area contributed by atoms with Gasteiger partial charge in [0.1, 0.15) is 0 Å². The summed E-state index contributed by atoms with van der Waals surface area (Å²) in [6.45, 7) is 1.90. The van der Waals surface area contributed by atoms with Crippen molar-refractivity contribution in [3.05, 3.63) is 56.6 Å². The number of aromatic nitrogens is 1. The first-order valence-corrected chi connectivity index (χ1v) is 6.99. The van der Waals surface area contributed by atoms with Gasteiger partial charge in [-0.25, -0.2) is 4.98 Å². The molecule has 0 saturated carbocycles. The van der Waals surface area contributed by atoms with Gasteiger partial charge in [-0.3, -0.25) is 5.43 Å². The molecule has 0 atom stereocenters. The number of halogens is 3. The maximum absolute atomic E-state index is 6.00. The second-order valence-electron chi connectivity index (χ2n) is 3.77. The molecule has 19 heavy (non-hydrogen) atoms. The molecular weight excluding hydrogens is 349 g/mol. The first kappa shape index (κ1) is 14.3. The van der Waals surface area contributed by atoms with Crippen molar-refractivity contribution in [2.24, 2.45) is 5.10 Å². The van der Waals surface area contributed by atoms with Gasteiger partial charge >= 0.3 is 0 Å². The molecule has 0 aliphatic rings. The SMILES string of the molecule is C/C(=N\Nc1ncc(Cl)cc1Cl)c1ccccc1Br. The lowest BCUT2D eigenvalue weighted by molar-refractivity contribution is 1.22. The molecule has 1 N–H and O–H groups in total. The lowest BCUT2D eigenvalue weighted by Crippen LogP contribution is -2.01. The van der Waals surface area contributed by atoms with E-state index in [1.54, 1.807) is 6.07 Å². The van der Waals surface area contributed by atoms with Crippen LogP contribution in [0, 0.1) is 0 Å². The van der Waals surface area contributed by atoms with E-state index in [0.717, 1.165) is 15.7 Å². The third kappa shape index (κ3) is 3.69. The molecule has 1 aromatic carbocycles. The van der Waals surface area contributed by atoms with E-state index in [-0.39, 0.29) is 0 Å². The largest absolute Gasteiger partial charge is 0.260 e. The summed E-state index contributed by atoms with van der Waals surface area (Å²) in [4.78, 5) is 4.07. The maximum atomic E-state index is 6.00. The highest BCUT2D eigenvalue weighted by Gasteiger charge is 2.04. The van der Waals surface area contributed by atoms with E-state index >= 15 is 0 Å². The number of hydrogen-bond donors (Lipinski definition) is 1. The number of pyridine rings is 1. The highest BCUT2D eigenvalue weighted by atomic mass is 79.9. The molecule has 2 aromatic rings. The first-order valence-electron chi connectivity index (χ1n) is 5.44. The number of rotatable bonds is 3. The Morgan fingerprint density at radius 2 is 2.05 bits per heavy atom. The van der Waals surface area contributed by atoms with Gasteiger partial charge in [-0.1, -0.05) is 57.3 Å². The quantitative estimate of drug-likeness (QED) is 0.620. The third-order valence-electron chi connectivity index (χ3n) is 2.40. The summed E-state index contributed by atoms with van der Waals surface area (Å²) in [6.07, 6.45) is 1.51. The zero-order valence-electron chi connectivity index (χ0n) is 9.99. The highest BCUT2D eigenvalue weighted by Crippen LogP contribution is 2.23.